The third-order valence-corrected chi connectivity index (χ3v) is 4.48. The van der Waals surface area contributed by atoms with Gasteiger partial charge in [0.05, 0.1) is 18.0 Å². The second kappa shape index (κ2) is 8.72. The predicted molar refractivity (Wildman–Crippen MR) is 82.3 cm³/mol. The van der Waals surface area contributed by atoms with Crippen molar-refractivity contribution in [2.75, 3.05) is 27.4 Å². The van der Waals surface area contributed by atoms with E-state index in [2.05, 4.69) is 10.0 Å². The maximum Gasteiger partial charge on any atom is 0.241 e. The fourth-order valence-electron chi connectivity index (χ4n) is 1.69. The van der Waals surface area contributed by atoms with Crippen LogP contribution in [0.15, 0.2) is 29.2 Å². The van der Waals surface area contributed by atoms with Gasteiger partial charge in [-0.25, -0.2) is 8.42 Å². The van der Waals surface area contributed by atoms with E-state index in [1.807, 2.05) is 0 Å². The zero-order chi connectivity index (χ0) is 16.6. The van der Waals surface area contributed by atoms with Gasteiger partial charge in [0.25, 0.3) is 0 Å². The number of nitrogens with one attached hydrogen (secondary N) is 2. The highest BCUT2D eigenvalue weighted by molar-refractivity contribution is 7.89. The number of carbonyl (C=O) groups is 1. The number of sulfonamides is 1. The summed E-state index contributed by atoms with van der Waals surface area (Å²) in [7, 11) is -0.681. The van der Waals surface area contributed by atoms with Crippen LogP contribution in [0.3, 0.4) is 0 Å². The molecule has 0 aliphatic heterocycles. The lowest BCUT2D eigenvalue weighted by Gasteiger charge is -2.14. The molecule has 0 fully saturated rings. The Bertz CT molecular complexity index is 571. The summed E-state index contributed by atoms with van der Waals surface area (Å²) >= 11 is 0. The summed E-state index contributed by atoms with van der Waals surface area (Å²) in [6.07, 6.45) is 0.667. The Labute approximate surface area is 131 Å². The molecule has 1 rings (SSSR count). The molecule has 0 heterocycles. The number of ether oxygens (including phenoxy) is 2. The van der Waals surface area contributed by atoms with Crippen molar-refractivity contribution in [3.05, 3.63) is 24.3 Å². The number of hydrogen-bond acceptors (Lipinski definition) is 5. The van der Waals surface area contributed by atoms with Crippen molar-refractivity contribution < 1.29 is 22.7 Å². The van der Waals surface area contributed by atoms with E-state index in [-0.39, 0.29) is 10.8 Å². The van der Waals surface area contributed by atoms with Gasteiger partial charge < -0.3 is 14.8 Å². The lowest BCUT2D eigenvalue weighted by atomic mass is 10.3. The first-order chi connectivity index (χ1) is 10.4. The fraction of sp³-hybridized carbons (Fsp3) is 0.500. The molecule has 1 aromatic rings. The van der Waals surface area contributed by atoms with Crippen LogP contribution in [0, 0.1) is 0 Å². The SMILES string of the molecule is COCCCNC(=O)[C@H](C)NS(=O)(=O)c1ccc(OC)cc1. The van der Waals surface area contributed by atoms with E-state index in [0.717, 1.165) is 0 Å². The van der Waals surface area contributed by atoms with Crippen LogP contribution in [0.25, 0.3) is 0 Å². The largest absolute Gasteiger partial charge is 0.497 e. The Balaban J connectivity index is 2.60. The lowest BCUT2D eigenvalue weighted by molar-refractivity contribution is -0.122. The molecule has 0 radical (unpaired) electrons. The van der Waals surface area contributed by atoms with Crippen LogP contribution in [0.2, 0.25) is 0 Å². The minimum atomic E-state index is -3.76. The van der Waals surface area contributed by atoms with E-state index in [1.54, 1.807) is 19.2 Å². The van der Waals surface area contributed by atoms with Crippen molar-refractivity contribution in [2.24, 2.45) is 0 Å². The minimum absolute atomic E-state index is 0.0762. The molecule has 0 spiro atoms. The summed E-state index contributed by atoms with van der Waals surface area (Å²) < 4.78 is 36.5. The molecule has 1 aromatic carbocycles. The van der Waals surface area contributed by atoms with Crippen molar-refractivity contribution in [1.29, 1.82) is 0 Å². The maximum absolute atomic E-state index is 12.2. The summed E-state index contributed by atoms with van der Waals surface area (Å²) in [5, 5.41) is 2.64. The zero-order valence-electron chi connectivity index (χ0n) is 13.0. The van der Waals surface area contributed by atoms with Crippen LogP contribution in [-0.4, -0.2) is 47.7 Å². The molecule has 8 heteroatoms. The first kappa shape index (κ1) is 18.4. The van der Waals surface area contributed by atoms with Crippen LogP contribution < -0.4 is 14.8 Å². The van der Waals surface area contributed by atoms with Gasteiger partial charge in [0.2, 0.25) is 15.9 Å². The van der Waals surface area contributed by atoms with E-state index in [9.17, 15) is 13.2 Å². The highest BCUT2D eigenvalue weighted by Crippen LogP contribution is 2.15. The third-order valence-electron chi connectivity index (χ3n) is 2.92. The molecule has 2 N–H and O–H groups in total. The molecule has 22 heavy (non-hydrogen) atoms. The Morgan fingerprint density at radius 2 is 1.86 bits per heavy atom. The summed E-state index contributed by atoms with van der Waals surface area (Å²) in [4.78, 5) is 11.9. The first-order valence-electron chi connectivity index (χ1n) is 6.83. The number of benzene rings is 1. The Morgan fingerprint density at radius 1 is 1.23 bits per heavy atom. The smallest absolute Gasteiger partial charge is 0.241 e. The molecule has 0 aliphatic rings. The van der Waals surface area contributed by atoms with E-state index >= 15 is 0 Å². The zero-order valence-corrected chi connectivity index (χ0v) is 13.8. The van der Waals surface area contributed by atoms with Crippen LogP contribution in [0.1, 0.15) is 13.3 Å². The lowest BCUT2D eigenvalue weighted by Crippen LogP contribution is -2.45. The van der Waals surface area contributed by atoms with Crippen LogP contribution >= 0.6 is 0 Å². The van der Waals surface area contributed by atoms with Gasteiger partial charge in [-0.15, -0.1) is 0 Å². The molecule has 124 valence electrons. The van der Waals surface area contributed by atoms with Crippen molar-refractivity contribution in [1.82, 2.24) is 10.0 Å². The monoisotopic (exact) mass is 330 g/mol. The Morgan fingerprint density at radius 3 is 2.41 bits per heavy atom. The van der Waals surface area contributed by atoms with Crippen molar-refractivity contribution in [3.8, 4) is 5.75 Å². The topological polar surface area (TPSA) is 93.7 Å². The second-order valence-corrected chi connectivity index (χ2v) is 6.37. The van der Waals surface area contributed by atoms with Crippen LogP contribution in [-0.2, 0) is 19.6 Å². The molecule has 1 amide bonds. The molecule has 1 atom stereocenters. The van der Waals surface area contributed by atoms with Gasteiger partial charge in [0.15, 0.2) is 0 Å². The second-order valence-electron chi connectivity index (χ2n) is 4.66. The predicted octanol–water partition coefficient (Wildman–Crippen LogP) is 0.515. The Kier molecular flexibility index (Phi) is 7.30. The van der Waals surface area contributed by atoms with Gasteiger partial charge in [-0.3, -0.25) is 4.79 Å². The Hall–Kier alpha value is -1.64. The molecule has 0 unspecified atom stereocenters. The highest BCUT2D eigenvalue weighted by Gasteiger charge is 2.21. The summed E-state index contributed by atoms with van der Waals surface area (Å²) in [5.41, 5.74) is 0. The van der Waals surface area contributed by atoms with Crippen molar-refractivity contribution in [2.45, 2.75) is 24.3 Å². The van der Waals surface area contributed by atoms with Gasteiger partial charge in [-0.2, -0.15) is 4.72 Å². The average Bonchev–Trinajstić information content (AvgIpc) is 2.51. The number of methoxy groups -OCH3 is 2. The molecule has 0 bridgehead atoms. The normalized spacial score (nSPS) is 12.7. The van der Waals surface area contributed by atoms with Gasteiger partial charge in [-0.1, -0.05) is 0 Å². The molecule has 0 saturated carbocycles. The van der Waals surface area contributed by atoms with Gasteiger partial charge in [-0.05, 0) is 37.6 Å². The number of carbonyl (C=O) groups excluding carboxylic acids is 1. The maximum atomic E-state index is 12.2. The van der Waals surface area contributed by atoms with E-state index < -0.39 is 16.1 Å². The number of amides is 1. The van der Waals surface area contributed by atoms with E-state index in [1.165, 1.54) is 26.2 Å². The third kappa shape index (κ3) is 5.63. The van der Waals surface area contributed by atoms with Crippen molar-refractivity contribution >= 4 is 15.9 Å². The van der Waals surface area contributed by atoms with Gasteiger partial charge >= 0.3 is 0 Å². The fourth-order valence-corrected chi connectivity index (χ4v) is 2.89. The molecule has 7 nitrogen and oxygen atoms in total. The summed E-state index contributed by atoms with van der Waals surface area (Å²) in [6.45, 7) is 2.46. The molecule has 0 aliphatic carbocycles. The quantitative estimate of drug-likeness (QED) is 0.644. The van der Waals surface area contributed by atoms with Crippen molar-refractivity contribution in [3.63, 3.8) is 0 Å². The number of hydrogen-bond donors (Lipinski definition) is 2. The van der Waals surface area contributed by atoms with Gasteiger partial charge in [0, 0.05) is 20.3 Å². The first-order valence-corrected chi connectivity index (χ1v) is 8.32. The molecule has 0 saturated heterocycles. The van der Waals surface area contributed by atoms with Gasteiger partial charge in [0.1, 0.15) is 5.75 Å². The summed E-state index contributed by atoms with van der Waals surface area (Å²) in [5.74, 6) is 0.177. The van der Waals surface area contributed by atoms with Crippen LogP contribution in [0.4, 0.5) is 0 Å². The van der Waals surface area contributed by atoms with E-state index in [4.69, 9.17) is 9.47 Å². The average molecular weight is 330 g/mol. The number of rotatable bonds is 9. The molecular weight excluding hydrogens is 308 g/mol. The highest BCUT2D eigenvalue weighted by atomic mass is 32.2. The summed E-state index contributed by atoms with van der Waals surface area (Å²) in [6, 6.07) is 5.07. The minimum Gasteiger partial charge on any atom is -0.497 e. The standard InChI is InChI=1S/C14H22N2O5S/c1-11(14(17)15-9-4-10-20-2)16-22(18,19)13-7-5-12(21-3)6-8-13/h5-8,11,16H,4,9-10H2,1-3H3,(H,15,17)/t11-/m0/s1. The molecular formula is C14H22N2O5S. The van der Waals surface area contributed by atoms with E-state index in [0.29, 0.717) is 25.3 Å². The van der Waals surface area contributed by atoms with Crippen LogP contribution in [0.5, 0.6) is 5.75 Å². The molecule has 0 aromatic heterocycles.